The van der Waals surface area contributed by atoms with E-state index in [9.17, 15) is 4.79 Å². The number of benzene rings is 2. The summed E-state index contributed by atoms with van der Waals surface area (Å²) < 4.78 is 7.47. The van der Waals surface area contributed by atoms with Gasteiger partial charge >= 0.3 is 0 Å². The van der Waals surface area contributed by atoms with Gasteiger partial charge in [-0.2, -0.15) is 0 Å². The highest BCUT2D eigenvalue weighted by molar-refractivity contribution is 9.10. The molecule has 0 aromatic heterocycles. The lowest BCUT2D eigenvalue weighted by Gasteiger charge is -2.38. The second kappa shape index (κ2) is 5.58. The van der Waals surface area contributed by atoms with E-state index in [1.165, 1.54) is 16.0 Å². The highest BCUT2D eigenvalue weighted by atomic mass is 79.9. The molecule has 3 aliphatic rings. The molecular weight excluding hydrogens is 406 g/mol. The topological polar surface area (TPSA) is 67.9 Å². The van der Waals surface area contributed by atoms with Crippen LogP contribution in [0.25, 0.3) is 0 Å². The first-order chi connectivity index (χ1) is 13.0. The molecule has 138 valence electrons. The number of aliphatic imine (C=N–C) groups is 1. The average Bonchev–Trinajstić information content (AvgIpc) is 2.96. The Bertz CT molecular complexity index is 976. The van der Waals surface area contributed by atoms with Crippen molar-refractivity contribution in [1.82, 2.24) is 4.90 Å². The maximum Gasteiger partial charge on any atom is 0.266 e. The third kappa shape index (κ3) is 2.10. The van der Waals surface area contributed by atoms with Crippen LogP contribution in [-0.2, 0) is 23.2 Å². The summed E-state index contributed by atoms with van der Waals surface area (Å²) in [5.74, 6) is 0.865. The second-order valence-electron chi connectivity index (χ2n) is 7.55. The maximum absolute atomic E-state index is 13.5. The smallest absolute Gasteiger partial charge is 0.266 e. The average molecular weight is 426 g/mol. The number of fused-ring (bicyclic) bond motifs is 4. The van der Waals surface area contributed by atoms with Gasteiger partial charge in [-0.25, -0.2) is 4.99 Å². The lowest BCUT2D eigenvalue weighted by atomic mass is 9.72. The number of ether oxygens (including phenoxy) is 1. The SMILES string of the molecule is CN1C(=O)C2(N=C1N)c1cc(Br)ccc1OC21CCc2ccccc2CC1. The first-order valence-corrected chi connectivity index (χ1v) is 9.95. The fourth-order valence-corrected chi connectivity index (χ4v) is 5.19. The van der Waals surface area contributed by atoms with Gasteiger partial charge in [0, 0.05) is 17.1 Å². The molecule has 27 heavy (non-hydrogen) atoms. The standard InChI is InChI=1S/C21H20BrN3O2/c1-25-18(26)21(24-19(25)23)16-12-15(22)6-7-17(16)27-20(21)10-8-13-4-2-3-5-14(13)9-11-20/h2-7,12H,8-11H2,1H3,(H2,23,24). The number of nitrogens with two attached hydrogens (primary N) is 1. The van der Waals surface area contributed by atoms with Crippen molar-refractivity contribution in [2.75, 3.05) is 7.05 Å². The van der Waals surface area contributed by atoms with Crippen LogP contribution in [0.1, 0.15) is 29.5 Å². The number of aryl methyl sites for hydroxylation is 2. The van der Waals surface area contributed by atoms with Crippen molar-refractivity contribution in [2.45, 2.75) is 36.8 Å². The minimum atomic E-state index is -1.12. The predicted octanol–water partition coefficient (Wildman–Crippen LogP) is 3.14. The fourth-order valence-electron chi connectivity index (χ4n) is 4.82. The molecule has 5 nitrogen and oxygen atoms in total. The Morgan fingerprint density at radius 1 is 1.15 bits per heavy atom. The summed E-state index contributed by atoms with van der Waals surface area (Å²) in [5.41, 5.74) is 7.71. The molecule has 0 radical (unpaired) electrons. The molecule has 2 aromatic rings. The molecule has 0 bridgehead atoms. The van der Waals surface area contributed by atoms with Gasteiger partial charge in [0.05, 0.1) is 0 Å². The van der Waals surface area contributed by atoms with Crippen molar-refractivity contribution in [1.29, 1.82) is 0 Å². The highest BCUT2D eigenvalue weighted by Gasteiger charge is 2.68. The van der Waals surface area contributed by atoms with Crippen LogP contribution in [0, 0.1) is 0 Å². The van der Waals surface area contributed by atoms with E-state index in [0.29, 0.717) is 12.8 Å². The van der Waals surface area contributed by atoms with Crippen molar-refractivity contribution in [3.8, 4) is 5.75 Å². The van der Waals surface area contributed by atoms with E-state index in [0.717, 1.165) is 28.6 Å². The summed E-state index contributed by atoms with van der Waals surface area (Å²) in [5, 5.41) is 0. The molecule has 6 heteroatoms. The van der Waals surface area contributed by atoms with Gasteiger partial charge in [0.2, 0.25) is 5.54 Å². The van der Waals surface area contributed by atoms with E-state index in [1.807, 2.05) is 18.2 Å². The predicted molar refractivity (Wildman–Crippen MR) is 107 cm³/mol. The van der Waals surface area contributed by atoms with Crippen LogP contribution in [0.3, 0.4) is 0 Å². The number of nitrogens with zero attached hydrogens (tertiary/aromatic N) is 2. The van der Waals surface area contributed by atoms with Gasteiger partial charge in [0.15, 0.2) is 5.96 Å². The molecule has 5 rings (SSSR count). The van der Waals surface area contributed by atoms with Crippen molar-refractivity contribution < 1.29 is 9.53 Å². The lowest BCUT2D eigenvalue weighted by molar-refractivity contribution is -0.138. The van der Waals surface area contributed by atoms with E-state index >= 15 is 0 Å². The minimum Gasteiger partial charge on any atom is -0.483 e. The largest absolute Gasteiger partial charge is 0.483 e. The second-order valence-corrected chi connectivity index (χ2v) is 8.47. The van der Waals surface area contributed by atoms with Gasteiger partial charge in [-0.3, -0.25) is 9.69 Å². The molecule has 0 saturated heterocycles. The third-order valence-corrected chi connectivity index (χ3v) is 6.74. The van der Waals surface area contributed by atoms with Gasteiger partial charge < -0.3 is 10.5 Å². The molecule has 1 amide bonds. The summed E-state index contributed by atoms with van der Waals surface area (Å²) >= 11 is 3.54. The third-order valence-electron chi connectivity index (χ3n) is 6.25. The highest BCUT2D eigenvalue weighted by Crippen LogP contribution is 2.57. The first-order valence-electron chi connectivity index (χ1n) is 9.16. The normalized spacial score (nSPS) is 25.2. The number of hydrogen-bond acceptors (Lipinski definition) is 4. The summed E-state index contributed by atoms with van der Waals surface area (Å²) in [6, 6.07) is 14.3. The zero-order chi connectivity index (χ0) is 18.8. The molecule has 2 aliphatic heterocycles. The van der Waals surface area contributed by atoms with Crippen molar-refractivity contribution in [3.63, 3.8) is 0 Å². The zero-order valence-electron chi connectivity index (χ0n) is 15.0. The van der Waals surface area contributed by atoms with Crippen LogP contribution in [0.2, 0.25) is 0 Å². The van der Waals surface area contributed by atoms with Crippen molar-refractivity contribution in [2.24, 2.45) is 10.7 Å². The van der Waals surface area contributed by atoms with Crippen LogP contribution >= 0.6 is 15.9 Å². The van der Waals surface area contributed by atoms with Crippen LogP contribution in [0.5, 0.6) is 5.75 Å². The summed E-state index contributed by atoms with van der Waals surface area (Å²) in [6.07, 6.45) is 3.12. The van der Waals surface area contributed by atoms with E-state index < -0.39 is 11.1 Å². The molecule has 0 saturated carbocycles. The van der Waals surface area contributed by atoms with E-state index in [1.54, 1.807) is 7.05 Å². The van der Waals surface area contributed by atoms with Crippen LogP contribution < -0.4 is 10.5 Å². The van der Waals surface area contributed by atoms with Crippen LogP contribution in [-0.4, -0.2) is 29.4 Å². The molecule has 1 atom stereocenters. The zero-order valence-corrected chi connectivity index (χ0v) is 16.6. The Hall–Kier alpha value is -2.34. The fraction of sp³-hybridized carbons (Fsp3) is 0.333. The first kappa shape index (κ1) is 16.8. The Morgan fingerprint density at radius 2 is 1.81 bits per heavy atom. The number of carbonyl (C=O) groups excluding carboxylic acids is 1. The maximum atomic E-state index is 13.5. The van der Waals surface area contributed by atoms with Crippen LogP contribution in [0.4, 0.5) is 0 Å². The van der Waals surface area contributed by atoms with Crippen LogP contribution in [0.15, 0.2) is 51.9 Å². The number of guanidine groups is 1. The summed E-state index contributed by atoms with van der Waals surface area (Å²) in [7, 11) is 1.69. The molecule has 2 heterocycles. The van der Waals surface area contributed by atoms with Gasteiger partial charge in [-0.05, 0) is 55.0 Å². The minimum absolute atomic E-state index is 0.109. The van der Waals surface area contributed by atoms with Crippen molar-refractivity contribution >= 4 is 27.8 Å². The Labute approximate surface area is 166 Å². The Kier molecular flexibility index (Phi) is 3.47. The van der Waals surface area contributed by atoms with E-state index in [2.05, 4.69) is 40.2 Å². The molecule has 2 spiro atoms. The van der Waals surface area contributed by atoms with E-state index in [-0.39, 0.29) is 11.9 Å². The number of rotatable bonds is 0. The molecule has 1 aliphatic carbocycles. The van der Waals surface area contributed by atoms with Crippen molar-refractivity contribution in [3.05, 3.63) is 63.6 Å². The summed E-state index contributed by atoms with van der Waals surface area (Å²) in [6.45, 7) is 0. The molecular formula is C21H20BrN3O2. The number of halogens is 1. The quantitative estimate of drug-likeness (QED) is 0.704. The molecule has 2 aromatic carbocycles. The number of likely N-dealkylation sites (N-methyl/N-ethyl adjacent to an activating group) is 1. The van der Waals surface area contributed by atoms with Gasteiger partial charge in [0.1, 0.15) is 11.4 Å². The van der Waals surface area contributed by atoms with Gasteiger partial charge in [0.25, 0.3) is 5.91 Å². The van der Waals surface area contributed by atoms with Gasteiger partial charge in [-0.15, -0.1) is 0 Å². The molecule has 2 N–H and O–H groups in total. The number of carbonyl (C=O) groups is 1. The number of amides is 1. The molecule has 1 unspecified atom stereocenters. The van der Waals surface area contributed by atoms with Gasteiger partial charge in [-0.1, -0.05) is 40.2 Å². The summed E-state index contributed by atoms with van der Waals surface area (Å²) in [4.78, 5) is 19.7. The Balaban J connectivity index is 1.70. The molecule has 0 fully saturated rings. The number of hydrogen-bond donors (Lipinski definition) is 1. The Morgan fingerprint density at radius 3 is 2.41 bits per heavy atom. The monoisotopic (exact) mass is 425 g/mol. The lowest BCUT2D eigenvalue weighted by Crippen LogP contribution is -2.56. The van der Waals surface area contributed by atoms with E-state index in [4.69, 9.17) is 15.5 Å².